The van der Waals surface area contributed by atoms with E-state index in [9.17, 15) is 18.0 Å². The summed E-state index contributed by atoms with van der Waals surface area (Å²) in [5.74, 6) is 1.82. The Morgan fingerprint density at radius 1 is 1.15 bits per heavy atom. The SMILES string of the molecule is Cc1ccc(N(C(=O)NC(=O)N[C@H](C)[C@H]2C[C@@H]3CC[C@H]2C3)S(C)(=O)=O)cc1. The van der Waals surface area contributed by atoms with Gasteiger partial charge >= 0.3 is 12.1 Å². The van der Waals surface area contributed by atoms with Gasteiger partial charge in [-0.3, -0.25) is 5.32 Å². The molecule has 0 aliphatic heterocycles. The maximum absolute atomic E-state index is 12.5. The Morgan fingerprint density at radius 2 is 1.81 bits per heavy atom. The van der Waals surface area contributed by atoms with Gasteiger partial charge in [0.05, 0.1) is 11.9 Å². The lowest BCUT2D eigenvalue weighted by atomic mass is 9.84. The lowest BCUT2D eigenvalue weighted by molar-refractivity contribution is 0.217. The standard InChI is InChI=1S/C19H27N3O4S/c1-12-4-8-16(9-5-12)22(27(3,25)26)19(24)21-18(23)20-13(2)17-11-14-6-7-15(17)10-14/h4-5,8-9,13-15,17H,6-7,10-11H2,1-3H3,(H2,20,21,23,24)/t13-,14-,15+,17-/m1/s1. The molecule has 27 heavy (non-hydrogen) atoms. The lowest BCUT2D eigenvalue weighted by Crippen LogP contribution is -2.52. The van der Waals surface area contributed by atoms with Crippen LogP contribution in [0.2, 0.25) is 0 Å². The Kier molecular flexibility index (Phi) is 5.46. The predicted octanol–water partition coefficient (Wildman–Crippen LogP) is 3.00. The van der Waals surface area contributed by atoms with Crippen molar-refractivity contribution in [1.29, 1.82) is 0 Å². The highest BCUT2D eigenvalue weighted by Gasteiger charge is 2.42. The van der Waals surface area contributed by atoms with Crippen LogP contribution in [0.25, 0.3) is 0 Å². The number of carbonyl (C=O) groups is 2. The molecule has 2 aliphatic carbocycles. The number of imide groups is 1. The number of aryl methyl sites for hydroxylation is 1. The van der Waals surface area contributed by atoms with E-state index in [2.05, 4.69) is 10.6 Å². The van der Waals surface area contributed by atoms with Crippen LogP contribution in [-0.2, 0) is 10.0 Å². The van der Waals surface area contributed by atoms with Crippen molar-refractivity contribution >= 4 is 27.8 Å². The van der Waals surface area contributed by atoms with E-state index in [1.807, 2.05) is 13.8 Å². The average Bonchev–Trinajstić information content (AvgIpc) is 3.18. The molecule has 2 N–H and O–H groups in total. The molecule has 0 unspecified atom stereocenters. The molecular weight excluding hydrogens is 366 g/mol. The minimum Gasteiger partial charge on any atom is -0.335 e. The molecule has 4 amide bonds. The summed E-state index contributed by atoms with van der Waals surface area (Å²) < 4.78 is 24.8. The second kappa shape index (κ2) is 7.50. The van der Waals surface area contributed by atoms with Gasteiger partial charge < -0.3 is 5.32 Å². The largest absolute Gasteiger partial charge is 0.343 e. The average molecular weight is 394 g/mol. The van der Waals surface area contributed by atoms with Crippen LogP contribution in [0, 0.1) is 24.7 Å². The third-order valence-electron chi connectivity index (χ3n) is 5.80. The number of nitrogens with one attached hydrogen (secondary N) is 2. The van der Waals surface area contributed by atoms with Crippen LogP contribution in [0.3, 0.4) is 0 Å². The second-order valence-corrected chi connectivity index (χ2v) is 9.73. The first-order valence-corrected chi connectivity index (χ1v) is 11.2. The smallest absolute Gasteiger partial charge is 0.335 e. The number of hydrogen-bond donors (Lipinski definition) is 2. The number of carbonyl (C=O) groups excluding carboxylic acids is 2. The summed E-state index contributed by atoms with van der Waals surface area (Å²) >= 11 is 0. The van der Waals surface area contributed by atoms with Crippen molar-refractivity contribution < 1.29 is 18.0 Å². The molecule has 148 valence electrons. The molecule has 0 radical (unpaired) electrons. The molecule has 3 rings (SSSR count). The number of sulfonamides is 1. The topological polar surface area (TPSA) is 95.6 Å². The summed E-state index contributed by atoms with van der Waals surface area (Å²) in [6, 6.07) is 4.77. The lowest BCUT2D eigenvalue weighted by Gasteiger charge is -2.28. The molecule has 0 aromatic heterocycles. The van der Waals surface area contributed by atoms with E-state index in [4.69, 9.17) is 0 Å². The van der Waals surface area contributed by atoms with Gasteiger partial charge in [-0.05, 0) is 63.0 Å². The number of urea groups is 2. The number of rotatable bonds is 4. The molecule has 1 aromatic carbocycles. The van der Waals surface area contributed by atoms with Crippen LogP contribution in [0.4, 0.5) is 15.3 Å². The zero-order valence-electron chi connectivity index (χ0n) is 15.9. The Bertz CT molecular complexity index is 822. The van der Waals surface area contributed by atoms with E-state index < -0.39 is 22.1 Å². The fourth-order valence-corrected chi connectivity index (χ4v) is 5.40. The Balaban J connectivity index is 1.64. The molecule has 2 aliphatic rings. The van der Waals surface area contributed by atoms with E-state index >= 15 is 0 Å². The molecule has 0 spiro atoms. The van der Waals surface area contributed by atoms with Gasteiger partial charge in [-0.25, -0.2) is 18.0 Å². The zero-order chi connectivity index (χ0) is 19.8. The van der Waals surface area contributed by atoms with Crippen LogP contribution in [0.1, 0.15) is 38.2 Å². The van der Waals surface area contributed by atoms with E-state index in [0.29, 0.717) is 16.1 Å². The molecule has 1 aromatic rings. The highest BCUT2D eigenvalue weighted by Crippen LogP contribution is 2.49. The van der Waals surface area contributed by atoms with Crippen molar-refractivity contribution in [3.8, 4) is 0 Å². The van der Waals surface area contributed by atoms with Crippen molar-refractivity contribution in [3.05, 3.63) is 29.8 Å². The van der Waals surface area contributed by atoms with Gasteiger partial charge in [-0.1, -0.05) is 24.1 Å². The molecule has 2 fully saturated rings. The third-order valence-corrected chi connectivity index (χ3v) is 6.84. The fourth-order valence-electron chi connectivity index (χ4n) is 4.54. The number of nitrogens with zero attached hydrogens (tertiary/aromatic N) is 1. The highest BCUT2D eigenvalue weighted by atomic mass is 32.2. The van der Waals surface area contributed by atoms with E-state index in [-0.39, 0.29) is 11.7 Å². The number of hydrogen-bond acceptors (Lipinski definition) is 4. The van der Waals surface area contributed by atoms with Gasteiger partial charge in [-0.15, -0.1) is 0 Å². The van der Waals surface area contributed by atoms with Gasteiger partial charge in [0.1, 0.15) is 0 Å². The van der Waals surface area contributed by atoms with E-state index in [0.717, 1.165) is 24.2 Å². The number of amides is 4. The van der Waals surface area contributed by atoms with Crippen LogP contribution in [0.5, 0.6) is 0 Å². The van der Waals surface area contributed by atoms with Gasteiger partial charge in [0.25, 0.3) is 0 Å². The Morgan fingerprint density at radius 3 is 2.33 bits per heavy atom. The van der Waals surface area contributed by atoms with Crippen LogP contribution in [0.15, 0.2) is 24.3 Å². The second-order valence-electron chi connectivity index (χ2n) is 7.89. The summed E-state index contributed by atoms with van der Waals surface area (Å²) in [6.45, 7) is 3.81. The normalized spacial score (nSPS) is 25.1. The first-order valence-electron chi connectivity index (χ1n) is 9.33. The number of benzene rings is 1. The van der Waals surface area contributed by atoms with Crippen LogP contribution < -0.4 is 14.9 Å². The van der Waals surface area contributed by atoms with Crippen molar-refractivity contribution in [2.24, 2.45) is 17.8 Å². The minimum atomic E-state index is -3.89. The Hall–Kier alpha value is -2.09. The van der Waals surface area contributed by atoms with Gasteiger partial charge in [0.15, 0.2) is 0 Å². The fraction of sp³-hybridized carbons (Fsp3) is 0.579. The molecule has 7 nitrogen and oxygen atoms in total. The zero-order valence-corrected chi connectivity index (χ0v) is 16.8. The predicted molar refractivity (Wildman–Crippen MR) is 104 cm³/mol. The maximum Gasteiger partial charge on any atom is 0.343 e. The third kappa shape index (κ3) is 4.43. The first-order chi connectivity index (χ1) is 12.6. The summed E-state index contributed by atoms with van der Waals surface area (Å²) in [4.78, 5) is 24.8. The van der Waals surface area contributed by atoms with Crippen molar-refractivity contribution in [2.45, 2.75) is 45.6 Å². The molecule has 0 heterocycles. The summed E-state index contributed by atoms with van der Waals surface area (Å²) in [6.07, 6.45) is 5.75. The van der Waals surface area contributed by atoms with E-state index in [1.54, 1.807) is 12.1 Å². The highest BCUT2D eigenvalue weighted by molar-refractivity contribution is 7.92. The minimum absolute atomic E-state index is 0.0563. The van der Waals surface area contributed by atoms with Gasteiger partial charge in [0.2, 0.25) is 10.0 Å². The van der Waals surface area contributed by atoms with Crippen LogP contribution in [-0.4, -0.2) is 32.8 Å². The first kappa shape index (κ1) is 19.7. The van der Waals surface area contributed by atoms with Gasteiger partial charge in [-0.2, -0.15) is 4.31 Å². The molecule has 2 saturated carbocycles. The molecule has 2 bridgehead atoms. The number of fused-ring (bicyclic) bond motifs is 2. The summed E-state index contributed by atoms with van der Waals surface area (Å²) in [5.41, 5.74) is 1.12. The monoisotopic (exact) mass is 393 g/mol. The number of anilines is 1. The van der Waals surface area contributed by atoms with Crippen LogP contribution >= 0.6 is 0 Å². The molecule has 0 saturated heterocycles. The van der Waals surface area contributed by atoms with Crippen molar-refractivity contribution in [1.82, 2.24) is 10.6 Å². The molecular formula is C19H27N3O4S. The van der Waals surface area contributed by atoms with Crippen molar-refractivity contribution in [2.75, 3.05) is 10.6 Å². The molecule has 8 heteroatoms. The maximum atomic E-state index is 12.5. The van der Waals surface area contributed by atoms with E-state index in [1.165, 1.54) is 31.4 Å². The molecule has 4 atom stereocenters. The van der Waals surface area contributed by atoms with Crippen molar-refractivity contribution in [3.63, 3.8) is 0 Å². The Labute approximate surface area is 160 Å². The van der Waals surface area contributed by atoms with Gasteiger partial charge in [0, 0.05) is 6.04 Å². The quantitative estimate of drug-likeness (QED) is 0.822. The summed E-state index contributed by atoms with van der Waals surface area (Å²) in [5, 5.41) is 4.97. The summed E-state index contributed by atoms with van der Waals surface area (Å²) in [7, 11) is -3.89.